The van der Waals surface area contributed by atoms with E-state index in [1.807, 2.05) is 24.3 Å². The van der Waals surface area contributed by atoms with Crippen LogP contribution in [0.5, 0.6) is 17.2 Å². The van der Waals surface area contributed by atoms with Crippen LogP contribution in [-0.2, 0) is 0 Å². The first-order valence-electron chi connectivity index (χ1n) is 7.78. The van der Waals surface area contributed by atoms with Crippen LogP contribution in [0.3, 0.4) is 0 Å². The van der Waals surface area contributed by atoms with E-state index < -0.39 is 0 Å². The van der Waals surface area contributed by atoms with Crippen molar-refractivity contribution < 1.29 is 19.0 Å². The summed E-state index contributed by atoms with van der Waals surface area (Å²) in [5.74, 6) is 1.64. The smallest absolute Gasteiger partial charge is 0.275 e. The van der Waals surface area contributed by atoms with E-state index in [-0.39, 0.29) is 5.91 Å². The van der Waals surface area contributed by atoms with E-state index in [0.29, 0.717) is 22.9 Å². The normalized spacial score (nSPS) is 10.3. The van der Waals surface area contributed by atoms with Crippen LogP contribution in [0.4, 0.5) is 5.69 Å². The van der Waals surface area contributed by atoms with E-state index >= 15 is 0 Å². The average molecular weight is 370 g/mol. The molecule has 0 fully saturated rings. The third-order valence-corrected chi connectivity index (χ3v) is 4.62. The maximum Gasteiger partial charge on any atom is 0.275 e. The fraction of sp³-hybridized carbons (Fsp3) is 0.158. The van der Waals surface area contributed by atoms with Crippen molar-refractivity contribution in [1.82, 2.24) is 4.98 Å². The van der Waals surface area contributed by atoms with Crippen molar-refractivity contribution in [2.24, 2.45) is 0 Å². The highest BCUT2D eigenvalue weighted by atomic mass is 32.1. The molecule has 0 atom stereocenters. The van der Waals surface area contributed by atoms with Crippen LogP contribution < -0.4 is 19.5 Å². The summed E-state index contributed by atoms with van der Waals surface area (Å²) >= 11 is 1.41. The summed E-state index contributed by atoms with van der Waals surface area (Å²) < 4.78 is 15.6. The van der Waals surface area contributed by atoms with Gasteiger partial charge < -0.3 is 19.5 Å². The van der Waals surface area contributed by atoms with Crippen molar-refractivity contribution >= 4 is 22.9 Å². The summed E-state index contributed by atoms with van der Waals surface area (Å²) in [5.41, 5.74) is 1.83. The summed E-state index contributed by atoms with van der Waals surface area (Å²) in [6, 6.07) is 12.7. The number of hydrogen-bond donors (Lipinski definition) is 1. The van der Waals surface area contributed by atoms with Gasteiger partial charge >= 0.3 is 0 Å². The van der Waals surface area contributed by atoms with Crippen molar-refractivity contribution in [3.05, 3.63) is 53.5 Å². The minimum Gasteiger partial charge on any atom is -0.497 e. The zero-order valence-electron chi connectivity index (χ0n) is 14.6. The molecule has 0 radical (unpaired) electrons. The minimum absolute atomic E-state index is 0.301. The topological polar surface area (TPSA) is 69.7 Å². The monoisotopic (exact) mass is 370 g/mol. The third kappa shape index (κ3) is 3.78. The number of carbonyl (C=O) groups is 1. The molecule has 0 aliphatic heterocycles. The molecule has 0 spiro atoms. The third-order valence-electron chi connectivity index (χ3n) is 3.73. The van der Waals surface area contributed by atoms with Gasteiger partial charge in [0.05, 0.1) is 27.0 Å². The molecule has 134 valence electrons. The number of methoxy groups -OCH3 is 3. The molecule has 6 nitrogen and oxygen atoms in total. The lowest BCUT2D eigenvalue weighted by Gasteiger charge is -2.10. The molecule has 0 bridgehead atoms. The molecule has 26 heavy (non-hydrogen) atoms. The van der Waals surface area contributed by atoms with Gasteiger partial charge in [0.2, 0.25) is 0 Å². The molecule has 0 unspecified atom stereocenters. The number of hydrogen-bond acceptors (Lipinski definition) is 6. The van der Waals surface area contributed by atoms with Crippen LogP contribution in [-0.4, -0.2) is 32.2 Å². The number of aromatic nitrogens is 1. The van der Waals surface area contributed by atoms with Gasteiger partial charge in [0, 0.05) is 17.0 Å². The molecular weight excluding hydrogens is 352 g/mol. The van der Waals surface area contributed by atoms with Crippen molar-refractivity contribution in [3.8, 4) is 27.8 Å². The number of anilines is 1. The van der Waals surface area contributed by atoms with Crippen LogP contribution in [0.15, 0.2) is 47.8 Å². The lowest BCUT2D eigenvalue weighted by molar-refractivity contribution is 0.102. The Labute approximate surface area is 155 Å². The van der Waals surface area contributed by atoms with Crippen LogP contribution in [0.2, 0.25) is 0 Å². The maximum absolute atomic E-state index is 12.5. The summed E-state index contributed by atoms with van der Waals surface area (Å²) in [4.78, 5) is 16.9. The van der Waals surface area contributed by atoms with E-state index in [9.17, 15) is 4.79 Å². The lowest BCUT2D eigenvalue weighted by Crippen LogP contribution is -2.13. The number of carbonyl (C=O) groups excluding carboxylic acids is 1. The number of thiazole rings is 1. The SMILES string of the molecule is COc1ccc(-c2nc(C(=O)Nc3ccc(OC)cc3OC)cs2)cc1. The number of amides is 1. The largest absolute Gasteiger partial charge is 0.497 e. The number of rotatable bonds is 6. The molecule has 0 saturated carbocycles. The van der Waals surface area contributed by atoms with E-state index in [1.165, 1.54) is 18.4 Å². The van der Waals surface area contributed by atoms with Crippen molar-refractivity contribution in [3.63, 3.8) is 0 Å². The molecular formula is C19H18N2O4S. The van der Waals surface area contributed by atoms with Crippen LogP contribution in [0, 0.1) is 0 Å². The molecule has 1 amide bonds. The first kappa shape index (κ1) is 17.8. The highest BCUT2D eigenvalue weighted by molar-refractivity contribution is 7.13. The fourth-order valence-corrected chi connectivity index (χ4v) is 3.14. The van der Waals surface area contributed by atoms with E-state index in [2.05, 4.69) is 10.3 Å². The number of benzene rings is 2. The van der Waals surface area contributed by atoms with E-state index in [0.717, 1.165) is 16.3 Å². The van der Waals surface area contributed by atoms with Crippen LogP contribution in [0.1, 0.15) is 10.5 Å². The predicted octanol–water partition coefficient (Wildman–Crippen LogP) is 4.09. The summed E-state index contributed by atoms with van der Waals surface area (Å²) in [6.07, 6.45) is 0. The van der Waals surface area contributed by atoms with Gasteiger partial charge in [-0.15, -0.1) is 11.3 Å². The molecule has 0 aliphatic rings. The molecule has 7 heteroatoms. The Morgan fingerprint density at radius 1 is 0.962 bits per heavy atom. The average Bonchev–Trinajstić information content (AvgIpc) is 3.18. The molecule has 2 aromatic carbocycles. The Bertz CT molecular complexity index is 906. The highest BCUT2D eigenvalue weighted by Gasteiger charge is 2.15. The first-order valence-corrected chi connectivity index (χ1v) is 8.66. The highest BCUT2D eigenvalue weighted by Crippen LogP contribution is 2.30. The Hall–Kier alpha value is -3.06. The van der Waals surface area contributed by atoms with Gasteiger partial charge in [0.15, 0.2) is 0 Å². The lowest BCUT2D eigenvalue weighted by atomic mass is 10.2. The number of ether oxygens (including phenoxy) is 3. The zero-order valence-corrected chi connectivity index (χ0v) is 15.4. The summed E-state index contributed by atoms with van der Waals surface area (Å²) in [6.45, 7) is 0. The van der Waals surface area contributed by atoms with Gasteiger partial charge in [-0.3, -0.25) is 4.79 Å². The van der Waals surface area contributed by atoms with E-state index in [4.69, 9.17) is 14.2 Å². The Morgan fingerprint density at radius 2 is 1.65 bits per heavy atom. The molecule has 0 aliphatic carbocycles. The molecule has 1 N–H and O–H groups in total. The van der Waals surface area contributed by atoms with Gasteiger partial charge in [-0.05, 0) is 36.4 Å². The fourth-order valence-electron chi connectivity index (χ4n) is 2.33. The Balaban J connectivity index is 1.78. The second kappa shape index (κ2) is 7.88. The van der Waals surface area contributed by atoms with Crippen LogP contribution >= 0.6 is 11.3 Å². The second-order valence-electron chi connectivity index (χ2n) is 5.29. The van der Waals surface area contributed by atoms with Gasteiger partial charge in [-0.2, -0.15) is 0 Å². The van der Waals surface area contributed by atoms with Crippen molar-refractivity contribution in [2.75, 3.05) is 26.6 Å². The predicted molar refractivity (Wildman–Crippen MR) is 102 cm³/mol. The summed E-state index contributed by atoms with van der Waals surface area (Å²) in [7, 11) is 4.73. The van der Waals surface area contributed by atoms with Crippen molar-refractivity contribution in [2.45, 2.75) is 0 Å². The number of nitrogens with one attached hydrogen (secondary N) is 1. The molecule has 1 aromatic heterocycles. The van der Waals surface area contributed by atoms with Crippen molar-refractivity contribution in [1.29, 1.82) is 0 Å². The van der Waals surface area contributed by atoms with Gasteiger partial charge in [0.25, 0.3) is 5.91 Å². The Kier molecular flexibility index (Phi) is 5.38. The van der Waals surface area contributed by atoms with Gasteiger partial charge in [-0.25, -0.2) is 4.98 Å². The molecule has 3 rings (SSSR count). The number of nitrogens with zero attached hydrogens (tertiary/aromatic N) is 1. The summed E-state index contributed by atoms with van der Waals surface area (Å²) in [5, 5.41) is 5.31. The molecule has 1 heterocycles. The second-order valence-corrected chi connectivity index (χ2v) is 6.14. The van der Waals surface area contributed by atoms with Crippen LogP contribution in [0.25, 0.3) is 10.6 Å². The molecule has 3 aromatic rings. The standard InChI is InChI=1S/C19H18N2O4S/c1-23-13-6-4-12(5-7-13)19-21-16(11-26-19)18(22)20-15-9-8-14(24-2)10-17(15)25-3/h4-11H,1-3H3,(H,20,22). The quantitative estimate of drug-likeness (QED) is 0.708. The zero-order chi connectivity index (χ0) is 18.5. The first-order chi connectivity index (χ1) is 12.6. The van der Waals surface area contributed by atoms with Gasteiger partial charge in [-0.1, -0.05) is 0 Å². The Morgan fingerprint density at radius 3 is 2.31 bits per heavy atom. The van der Waals surface area contributed by atoms with Gasteiger partial charge in [0.1, 0.15) is 28.0 Å². The minimum atomic E-state index is -0.301. The maximum atomic E-state index is 12.5. The van der Waals surface area contributed by atoms with E-state index in [1.54, 1.807) is 37.8 Å². The molecule has 0 saturated heterocycles.